The van der Waals surface area contributed by atoms with Gasteiger partial charge in [0.25, 0.3) is 0 Å². The van der Waals surface area contributed by atoms with Crippen LogP contribution in [0.5, 0.6) is 0 Å². The summed E-state index contributed by atoms with van der Waals surface area (Å²) in [5.41, 5.74) is 4.56. The number of ether oxygens (including phenoxy) is 1. The van der Waals surface area contributed by atoms with Crippen molar-refractivity contribution in [2.45, 2.75) is 44.9 Å². The molecule has 1 heterocycles. The van der Waals surface area contributed by atoms with E-state index in [-0.39, 0.29) is 10.8 Å². The zero-order chi connectivity index (χ0) is 13.4. The van der Waals surface area contributed by atoms with E-state index in [9.17, 15) is 0 Å². The van der Waals surface area contributed by atoms with Crippen LogP contribution in [0, 0.1) is 6.92 Å². The topological polar surface area (TPSA) is 9.23 Å². The molecule has 1 nitrogen and oxygen atoms in total. The van der Waals surface area contributed by atoms with Gasteiger partial charge in [0.05, 0.1) is 13.2 Å². The van der Waals surface area contributed by atoms with Crippen molar-refractivity contribution < 1.29 is 4.74 Å². The second-order valence-electron chi connectivity index (χ2n) is 6.49. The van der Waals surface area contributed by atoms with Crippen molar-refractivity contribution in [3.8, 4) is 0 Å². The Morgan fingerprint density at radius 3 is 2.33 bits per heavy atom. The fourth-order valence-electron chi connectivity index (χ4n) is 2.69. The molecule has 0 saturated carbocycles. The second kappa shape index (κ2) is 4.86. The molecule has 1 aromatic rings. The maximum atomic E-state index is 5.95. The zero-order valence-corrected chi connectivity index (χ0v) is 12.6. The van der Waals surface area contributed by atoms with Crippen molar-refractivity contribution in [3.05, 3.63) is 34.9 Å². The smallest absolute Gasteiger partial charge is 0.0586 e. The Kier molecular flexibility index (Phi) is 3.75. The molecule has 0 amide bonds. The van der Waals surface area contributed by atoms with E-state index in [1.165, 1.54) is 16.7 Å². The van der Waals surface area contributed by atoms with Gasteiger partial charge in [-0.25, -0.2) is 0 Å². The van der Waals surface area contributed by atoms with Gasteiger partial charge in [0, 0.05) is 11.3 Å². The average Bonchev–Trinajstić information content (AvgIpc) is 2.22. The third-order valence-electron chi connectivity index (χ3n) is 3.99. The summed E-state index contributed by atoms with van der Waals surface area (Å²) in [4.78, 5) is 0. The number of alkyl halides is 1. The molecular formula is C16H23ClO. The van der Waals surface area contributed by atoms with Gasteiger partial charge < -0.3 is 4.74 Å². The zero-order valence-electron chi connectivity index (χ0n) is 11.8. The molecule has 0 atom stereocenters. The van der Waals surface area contributed by atoms with E-state index in [2.05, 4.69) is 45.9 Å². The summed E-state index contributed by atoms with van der Waals surface area (Å²) in [5, 5.41) is 0. The van der Waals surface area contributed by atoms with E-state index in [1.807, 2.05) is 0 Å². The molecule has 0 aromatic heterocycles. The van der Waals surface area contributed by atoms with E-state index in [4.69, 9.17) is 16.3 Å². The normalized spacial score (nSPS) is 18.5. The van der Waals surface area contributed by atoms with Crippen LogP contribution in [0.3, 0.4) is 0 Å². The highest BCUT2D eigenvalue weighted by molar-refractivity contribution is 6.17. The van der Waals surface area contributed by atoms with Crippen LogP contribution in [-0.4, -0.2) is 19.1 Å². The van der Waals surface area contributed by atoms with E-state index in [0.29, 0.717) is 5.88 Å². The first-order valence-corrected chi connectivity index (χ1v) is 7.18. The molecule has 2 rings (SSSR count). The van der Waals surface area contributed by atoms with E-state index >= 15 is 0 Å². The molecule has 0 aliphatic carbocycles. The monoisotopic (exact) mass is 266 g/mol. The van der Waals surface area contributed by atoms with Gasteiger partial charge in [-0.2, -0.15) is 0 Å². The highest BCUT2D eigenvalue weighted by Gasteiger charge is 2.40. The van der Waals surface area contributed by atoms with Crippen LogP contribution >= 0.6 is 11.6 Å². The van der Waals surface area contributed by atoms with E-state index < -0.39 is 0 Å². The van der Waals surface area contributed by atoms with E-state index in [0.717, 1.165) is 19.6 Å². The molecule has 1 aliphatic rings. The van der Waals surface area contributed by atoms with Crippen molar-refractivity contribution >= 4 is 11.6 Å². The summed E-state index contributed by atoms with van der Waals surface area (Å²) in [7, 11) is 0. The minimum Gasteiger partial charge on any atom is -0.379 e. The first-order valence-electron chi connectivity index (χ1n) is 6.64. The van der Waals surface area contributed by atoms with Gasteiger partial charge in [0.15, 0.2) is 0 Å². The molecule has 0 unspecified atom stereocenters. The summed E-state index contributed by atoms with van der Waals surface area (Å²) >= 11 is 5.95. The Morgan fingerprint density at radius 1 is 1.28 bits per heavy atom. The quantitative estimate of drug-likeness (QED) is 0.746. The third-order valence-corrected chi connectivity index (χ3v) is 4.18. The Labute approximate surface area is 115 Å². The molecule has 1 aromatic carbocycles. The van der Waals surface area contributed by atoms with Gasteiger partial charge in [-0.3, -0.25) is 0 Å². The number of halogens is 1. The molecular weight excluding hydrogens is 244 g/mol. The summed E-state index contributed by atoms with van der Waals surface area (Å²) in [6, 6.07) is 6.87. The lowest BCUT2D eigenvalue weighted by Gasteiger charge is -2.43. The predicted octanol–water partition coefficient (Wildman–Crippen LogP) is 4.19. The molecule has 1 saturated heterocycles. The summed E-state index contributed by atoms with van der Waals surface area (Å²) < 4.78 is 5.44. The maximum Gasteiger partial charge on any atom is 0.0586 e. The summed E-state index contributed by atoms with van der Waals surface area (Å²) in [6.45, 7) is 10.6. The Hall–Kier alpha value is -0.530. The van der Waals surface area contributed by atoms with Crippen LogP contribution < -0.4 is 0 Å². The third kappa shape index (κ3) is 2.44. The number of rotatable bonds is 3. The molecule has 0 N–H and O–H groups in total. The van der Waals surface area contributed by atoms with Crippen LogP contribution in [0.2, 0.25) is 0 Å². The largest absolute Gasteiger partial charge is 0.379 e. The van der Waals surface area contributed by atoms with Gasteiger partial charge in [-0.15, -0.1) is 11.6 Å². The Balaban J connectivity index is 2.35. The van der Waals surface area contributed by atoms with Crippen LogP contribution in [0.1, 0.15) is 43.9 Å². The maximum absolute atomic E-state index is 5.95. The fourth-order valence-corrected chi connectivity index (χ4v) is 3.05. The number of aryl methyl sites for hydroxylation is 1. The second-order valence-corrected chi connectivity index (χ2v) is 6.87. The fraction of sp³-hybridized carbons (Fsp3) is 0.625. The first kappa shape index (κ1) is 13.9. The highest BCUT2D eigenvalue weighted by atomic mass is 35.5. The lowest BCUT2D eigenvalue weighted by molar-refractivity contribution is -0.0618. The van der Waals surface area contributed by atoms with Gasteiger partial charge >= 0.3 is 0 Å². The van der Waals surface area contributed by atoms with Crippen molar-refractivity contribution in [3.63, 3.8) is 0 Å². The van der Waals surface area contributed by atoms with Crippen LogP contribution in [-0.2, 0) is 15.6 Å². The predicted molar refractivity (Wildman–Crippen MR) is 77.7 cm³/mol. The lowest BCUT2D eigenvalue weighted by Crippen LogP contribution is -2.47. The van der Waals surface area contributed by atoms with Gasteiger partial charge in [-0.05, 0) is 35.4 Å². The molecule has 0 spiro atoms. The van der Waals surface area contributed by atoms with E-state index in [1.54, 1.807) is 0 Å². The standard InChI is InChI=1S/C16H23ClO/c1-12-9-13(15(2,3)4)5-6-14(12)16(7-8-17)10-18-11-16/h5-6,9H,7-8,10-11H2,1-4H3. The molecule has 2 heteroatoms. The average molecular weight is 267 g/mol. The Morgan fingerprint density at radius 2 is 1.94 bits per heavy atom. The van der Waals surface area contributed by atoms with Gasteiger partial charge in [-0.1, -0.05) is 39.0 Å². The van der Waals surface area contributed by atoms with Crippen LogP contribution in [0.4, 0.5) is 0 Å². The van der Waals surface area contributed by atoms with Gasteiger partial charge in [0.2, 0.25) is 0 Å². The molecule has 18 heavy (non-hydrogen) atoms. The first-order chi connectivity index (χ1) is 8.39. The number of benzene rings is 1. The Bertz CT molecular complexity index is 427. The highest BCUT2D eigenvalue weighted by Crippen LogP contribution is 2.39. The van der Waals surface area contributed by atoms with Gasteiger partial charge in [0.1, 0.15) is 0 Å². The lowest BCUT2D eigenvalue weighted by atomic mass is 9.73. The van der Waals surface area contributed by atoms with Crippen molar-refractivity contribution in [2.75, 3.05) is 19.1 Å². The molecule has 1 aliphatic heterocycles. The minimum absolute atomic E-state index is 0.169. The summed E-state index contributed by atoms with van der Waals surface area (Å²) in [5.74, 6) is 0.698. The van der Waals surface area contributed by atoms with Crippen molar-refractivity contribution in [2.24, 2.45) is 0 Å². The van der Waals surface area contributed by atoms with Crippen molar-refractivity contribution in [1.82, 2.24) is 0 Å². The number of hydrogen-bond acceptors (Lipinski definition) is 1. The molecule has 0 bridgehead atoms. The molecule has 0 radical (unpaired) electrons. The number of hydrogen-bond donors (Lipinski definition) is 0. The van der Waals surface area contributed by atoms with Crippen LogP contribution in [0.25, 0.3) is 0 Å². The SMILES string of the molecule is Cc1cc(C(C)(C)C)ccc1C1(CCCl)COC1. The van der Waals surface area contributed by atoms with Crippen molar-refractivity contribution in [1.29, 1.82) is 0 Å². The molecule has 100 valence electrons. The minimum atomic E-state index is 0.169. The molecule has 1 fully saturated rings. The summed E-state index contributed by atoms with van der Waals surface area (Å²) in [6.07, 6.45) is 1.00. The van der Waals surface area contributed by atoms with Crippen LogP contribution in [0.15, 0.2) is 18.2 Å².